The number of carbonyl (C=O) groups excluding carboxylic acids is 2. The lowest BCUT2D eigenvalue weighted by atomic mass is 9.95. The van der Waals surface area contributed by atoms with E-state index in [0.29, 0.717) is 28.9 Å². The van der Waals surface area contributed by atoms with Gasteiger partial charge in [0.15, 0.2) is 12.1 Å². The average molecular weight is 269 g/mol. The van der Waals surface area contributed by atoms with E-state index in [-0.39, 0.29) is 11.5 Å². The molecule has 0 saturated carbocycles. The largest absolute Gasteiger partial charge is 0.481 e. The summed E-state index contributed by atoms with van der Waals surface area (Å²) < 4.78 is 5.01. The van der Waals surface area contributed by atoms with Gasteiger partial charge in [-0.3, -0.25) is 9.59 Å². The lowest BCUT2D eigenvalue weighted by molar-refractivity contribution is 0.101. The summed E-state index contributed by atoms with van der Waals surface area (Å²) in [6, 6.07) is 8.97. The van der Waals surface area contributed by atoms with Crippen LogP contribution in [0, 0.1) is 6.92 Å². The number of methoxy groups -OCH3 is 1. The molecule has 0 aliphatic heterocycles. The Morgan fingerprint density at radius 3 is 2.50 bits per heavy atom. The SMILES string of the molecule is COc1ccc(-c2ccc(C)cc2C(C)=O)c(C=O)n1. The molecule has 2 aromatic rings. The summed E-state index contributed by atoms with van der Waals surface area (Å²) in [6.45, 7) is 3.43. The van der Waals surface area contributed by atoms with Crippen LogP contribution in [0.25, 0.3) is 11.1 Å². The van der Waals surface area contributed by atoms with E-state index in [9.17, 15) is 9.59 Å². The zero-order valence-corrected chi connectivity index (χ0v) is 11.6. The van der Waals surface area contributed by atoms with Crippen molar-refractivity contribution in [3.05, 3.63) is 47.2 Å². The highest BCUT2D eigenvalue weighted by Gasteiger charge is 2.14. The summed E-state index contributed by atoms with van der Waals surface area (Å²) in [7, 11) is 1.49. The molecule has 1 aromatic heterocycles. The molecule has 4 heteroatoms. The Kier molecular flexibility index (Phi) is 3.94. The molecule has 0 atom stereocenters. The van der Waals surface area contributed by atoms with Gasteiger partial charge in [0.1, 0.15) is 5.69 Å². The van der Waals surface area contributed by atoms with Crippen molar-refractivity contribution in [2.24, 2.45) is 0 Å². The van der Waals surface area contributed by atoms with Gasteiger partial charge < -0.3 is 4.74 Å². The summed E-state index contributed by atoms with van der Waals surface area (Å²) in [6.07, 6.45) is 0.668. The predicted molar refractivity (Wildman–Crippen MR) is 76.4 cm³/mol. The van der Waals surface area contributed by atoms with Crippen LogP contribution in [0.4, 0.5) is 0 Å². The maximum atomic E-state index is 11.8. The van der Waals surface area contributed by atoms with E-state index >= 15 is 0 Å². The number of carbonyl (C=O) groups is 2. The zero-order chi connectivity index (χ0) is 14.7. The van der Waals surface area contributed by atoms with Gasteiger partial charge in [0.2, 0.25) is 5.88 Å². The Balaban J connectivity index is 2.68. The van der Waals surface area contributed by atoms with Gasteiger partial charge in [0.25, 0.3) is 0 Å². The molecule has 0 amide bonds. The van der Waals surface area contributed by atoms with Crippen LogP contribution < -0.4 is 4.74 Å². The second-order valence-corrected chi connectivity index (χ2v) is 4.51. The molecule has 0 bridgehead atoms. The Hall–Kier alpha value is -2.49. The van der Waals surface area contributed by atoms with Crippen molar-refractivity contribution in [1.29, 1.82) is 0 Å². The second kappa shape index (κ2) is 5.65. The van der Waals surface area contributed by atoms with E-state index in [1.54, 1.807) is 12.1 Å². The van der Waals surface area contributed by atoms with E-state index in [4.69, 9.17) is 4.74 Å². The third kappa shape index (κ3) is 2.59. The van der Waals surface area contributed by atoms with Crippen molar-refractivity contribution in [1.82, 2.24) is 4.98 Å². The van der Waals surface area contributed by atoms with Crippen LogP contribution >= 0.6 is 0 Å². The van der Waals surface area contributed by atoms with Crippen LogP contribution in [0.5, 0.6) is 5.88 Å². The van der Waals surface area contributed by atoms with Gasteiger partial charge in [-0.05, 0) is 31.5 Å². The molecule has 0 saturated heterocycles. The molecular weight excluding hydrogens is 254 g/mol. The molecule has 102 valence electrons. The van der Waals surface area contributed by atoms with E-state index in [1.807, 2.05) is 25.1 Å². The lowest BCUT2D eigenvalue weighted by Gasteiger charge is -2.11. The summed E-state index contributed by atoms with van der Waals surface area (Å²) in [5.41, 5.74) is 3.18. The quantitative estimate of drug-likeness (QED) is 0.632. The van der Waals surface area contributed by atoms with Crippen molar-refractivity contribution in [2.45, 2.75) is 13.8 Å². The molecule has 2 rings (SSSR count). The number of ether oxygens (including phenoxy) is 1. The number of aromatic nitrogens is 1. The molecule has 4 nitrogen and oxygen atoms in total. The summed E-state index contributed by atoms with van der Waals surface area (Å²) in [4.78, 5) is 27.1. The van der Waals surface area contributed by atoms with Crippen molar-refractivity contribution in [3.63, 3.8) is 0 Å². The molecule has 0 aliphatic carbocycles. The lowest BCUT2D eigenvalue weighted by Crippen LogP contribution is -2.01. The van der Waals surface area contributed by atoms with Gasteiger partial charge in [-0.15, -0.1) is 0 Å². The first-order valence-corrected chi connectivity index (χ1v) is 6.19. The van der Waals surface area contributed by atoms with E-state index in [0.717, 1.165) is 5.56 Å². The number of aldehydes is 1. The van der Waals surface area contributed by atoms with Crippen molar-refractivity contribution in [2.75, 3.05) is 7.11 Å². The minimum Gasteiger partial charge on any atom is -0.481 e. The maximum Gasteiger partial charge on any atom is 0.213 e. The summed E-state index contributed by atoms with van der Waals surface area (Å²) in [5, 5.41) is 0. The standard InChI is InChI=1S/C16H15NO3/c1-10-4-5-12(14(8-10)11(2)19)13-6-7-16(20-3)17-15(13)9-18/h4-9H,1-3H3. The Morgan fingerprint density at radius 1 is 1.20 bits per heavy atom. The molecule has 0 aliphatic rings. The van der Waals surface area contributed by atoms with E-state index in [2.05, 4.69) is 4.98 Å². The van der Waals surface area contributed by atoms with Crippen LogP contribution in [0.15, 0.2) is 30.3 Å². The molecule has 1 heterocycles. The number of aryl methyl sites for hydroxylation is 1. The normalized spacial score (nSPS) is 10.2. The van der Waals surface area contributed by atoms with Gasteiger partial charge in [-0.2, -0.15) is 0 Å². The molecule has 1 aromatic carbocycles. The Morgan fingerprint density at radius 2 is 1.90 bits per heavy atom. The predicted octanol–water partition coefficient (Wildman–Crippen LogP) is 3.08. The number of hydrogen-bond donors (Lipinski definition) is 0. The number of nitrogens with zero attached hydrogens (tertiary/aromatic N) is 1. The number of ketones is 1. The minimum atomic E-state index is -0.0450. The minimum absolute atomic E-state index is 0.0450. The average Bonchev–Trinajstić information content (AvgIpc) is 2.46. The van der Waals surface area contributed by atoms with Crippen molar-refractivity contribution in [3.8, 4) is 17.0 Å². The third-order valence-corrected chi connectivity index (χ3v) is 3.06. The van der Waals surface area contributed by atoms with Gasteiger partial charge in [0.05, 0.1) is 7.11 Å². The van der Waals surface area contributed by atoms with Crippen molar-refractivity contribution < 1.29 is 14.3 Å². The molecule has 20 heavy (non-hydrogen) atoms. The fourth-order valence-corrected chi connectivity index (χ4v) is 2.07. The van der Waals surface area contributed by atoms with Crippen molar-refractivity contribution >= 4 is 12.1 Å². The van der Waals surface area contributed by atoms with E-state index < -0.39 is 0 Å². The number of rotatable bonds is 4. The third-order valence-electron chi connectivity index (χ3n) is 3.06. The number of hydrogen-bond acceptors (Lipinski definition) is 4. The van der Waals surface area contributed by atoms with Crippen LogP contribution in [0.3, 0.4) is 0 Å². The number of Topliss-reactive ketones (excluding diaryl/α,β-unsaturated/α-hetero) is 1. The number of pyridine rings is 1. The van der Waals surface area contributed by atoms with Crippen LogP contribution in [-0.4, -0.2) is 24.2 Å². The molecule has 0 unspecified atom stereocenters. The maximum absolute atomic E-state index is 11.8. The summed E-state index contributed by atoms with van der Waals surface area (Å²) in [5.74, 6) is 0.323. The fourth-order valence-electron chi connectivity index (χ4n) is 2.07. The monoisotopic (exact) mass is 269 g/mol. The second-order valence-electron chi connectivity index (χ2n) is 4.51. The van der Waals surface area contributed by atoms with Gasteiger partial charge in [0, 0.05) is 17.2 Å². The highest BCUT2D eigenvalue weighted by atomic mass is 16.5. The molecule has 0 spiro atoms. The Labute approximate surface area is 117 Å². The highest BCUT2D eigenvalue weighted by Crippen LogP contribution is 2.28. The molecule has 0 radical (unpaired) electrons. The smallest absolute Gasteiger partial charge is 0.213 e. The first-order valence-electron chi connectivity index (χ1n) is 6.19. The van der Waals surface area contributed by atoms with Crippen LogP contribution in [0.1, 0.15) is 33.3 Å². The first kappa shape index (κ1) is 13.9. The Bertz CT molecular complexity index is 677. The zero-order valence-electron chi connectivity index (χ0n) is 11.6. The highest BCUT2D eigenvalue weighted by molar-refractivity contribution is 6.02. The topological polar surface area (TPSA) is 56.3 Å². The molecule has 0 fully saturated rings. The van der Waals surface area contributed by atoms with Gasteiger partial charge >= 0.3 is 0 Å². The van der Waals surface area contributed by atoms with Gasteiger partial charge in [-0.25, -0.2) is 4.98 Å². The summed E-state index contributed by atoms with van der Waals surface area (Å²) >= 11 is 0. The van der Waals surface area contributed by atoms with Crippen LogP contribution in [0.2, 0.25) is 0 Å². The fraction of sp³-hybridized carbons (Fsp3) is 0.188. The van der Waals surface area contributed by atoms with Gasteiger partial charge in [-0.1, -0.05) is 17.7 Å². The molecular formula is C16H15NO3. The van der Waals surface area contributed by atoms with Crippen LogP contribution in [-0.2, 0) is 0 Å². The molecule has 0 N–H and O–H groups in total. The van der Waals surface area contributed by atoms with E-state index in [1.165, 1.54) is 14.0 Å². The number of benzene rings is 1. The first-order chi connectivity index (χ1) is 9.56.